The minimum atomic E-state index is -1.32. The fourth-order valence-electron chi connectivity index (χ4n) is 8.11. The average molecular weight is 702 g/mol. The third-order valence-electron chi connectivity index (χ3n) is 10.8. The number of hydrogen-bond donors (Lipinski definition) is 2. The third kappa shape index (κ3) is 7.19. The number of carbonyl (C=O) groups is 4. The molecule has 3 heterocycles. The molecule has 3 fully saturated rings. The maximum atomic E-state index is 14.9. The molecule has 51 heavy (non-hydrogen) atoms. The number of likely N-dealkylation sites (tertiary alicyclic amines) is 1. The first-order valence-corrected chi connectivity index (χ1v) is 17.9. The van der Waals surface area contributed by atoms with Crippen LogP contribution in [0.1, 0.15) is 64.5 Å². The van der Waals surface area contributed by atoms with Crippen LogP contribution in [0.5, 0.6) is 5.75 Å². The smallest absolute Gasteiger partial charge is 0.313 e. The van der Waals surface area contributed by atoms with Gasteiger partial charge < -0.3 is 34.4 Å². The Kier molecular flexibility index (Phi) is 12.0. The van der Waals surface area contributed by atoms with Crippen molar-refractivity contribution in [3.63, 3.8) is 0 Å². The predicted octanol–water partition coefficient (Wildman–Crippen LogP) is 4.75. The number of rotatable bonds is 17. The van der Waals surface area contributed by atoms with Gasteiger partial charge in [-0.2, -0.15) is 0 Å². The second-order valence-electron chi connectivity index (χ2n) is 13.8. The van der Waals surface area contributed by atoms with Gasteiger partial charge in [0.1, 0.15) is 23.5 Å². The number of ether oxygens (including phenoxy) is 3. The first kappa shape index (κ1) is 37.8. The van der Waals surface area contributed by atoms with E-state index < -0.39 is 59.6 Å². The van der Waals surface area contributed by atoms with E-state index in [0.29, 0.717) is 42.7 Å². The van der Waals surface area contributed by atoms with Crippen molar-refractivity contribution in [3.8, 4) is 5.75 Å². The zero-order valence-corrected chi connectivity index (χ0v) is 30.0. The Morgan fingerprint density at radius 3 is 2.43 bits per heavy atom. The van der Waals surface area contributed by atoms with Crippen molar-refractivity contribution < 1.29 is 38.5 Å². The van der Waals surface area contributed by atoms with Crippen molar-refractivity contribution in [2.75, 3.05) is 25.2 Å². The number of carbonyl (C=O) groups excluding carboxylic acids is 4. The SMILES string of the molecule is C=CCCC(=O)N[C@@H](C)[C@H](OC(=O)[C@@H]1[C@@H]2CC[C@]3(O2)[C@H](C(=O)N(CC=C)c2ccc(OC)cc2)N([C@@H](CO)[C@@H](C)CC)C(=O)[C@@H]13)c1ccccc1. The maximum absolute atomic E-state index is 14.9. The topological polar surface area (TPSA) is 135 Å². The largest absolute Gasteiger partial charge is 0.497 e. The second kappa shape index (κ2) is 16.2. The molecule has 9 atom stereocenters. The van der Waals surface area contributed by atoms with Gasteiger partial charge >= 0.3 is 5.97 Å². The molecule has 2 aromatic carbocycles. The van der Waals surface area contributed by atoms with Crippen molar-refractivity contribution in [3.05, 3.63) is 85.5 Å². The summed E-state index contributed by atoms with van der Waals surface area (Å²) < 4.78 is 18.3. The van der Waals surface area contributed by atoms with Crippen LogP contribution in [0, 0.1) is 17.8 Å². The Bertz CT molecular complexity index is 1580. The lowest BCUT2D eigenvalue weighted by molar-refractivity contribution is -0.162. The molecule has 3 amide bonds. The Morgan fingerprint density at radius 1 is 1.12 bits per heavy atom. The summed E-state index contributed by atoms with van der Waals surface area (Å²) >= 11 is 0. The Hall–Kier alpha value is -4.48. The van der Waals surface area contributed by atoms with Crippen LogP contribution in [0.25, 0.3) is 0 Å². The minimum Gasteiger partial charge on any atom is -0.497 e. The lowest BCUT2D eigenvalue weighted by atomic mass is 9.70. The molecule has 0 aromatic heterocycles. The fourth-order valence-corrected chi connectivity index (χ4v) is 8.11. The molecule has 0 unspecified atom stereocenters. The van der Waals surface area contributed by atoms with E-state index in [9.17, 15) is 24.3 Å². The van der Waals surface area contributed by atoms with Crippen molar-refractivity contribution in [1.29, 1.82) is 0 Å². The minimum absolute atomic E-state index is 0.154. The monoisotopic (exact) mass is 701 g/mol. The molecular weight excluding hydrogens is 650 g/mol. The number of benzene rings is 2. The summed E-state index contributed by atoms with van der Waals surface area (Å²) in [7, 11) is 1.56. The van der Waals surface area contributed by atoms with Crippen LogP contribution in [0.15, 0.2) is 79.9 Å². The van der Waals surface area contributed by atoms with Crippen molar-refractivity contribution >= 4 is 29.4 Å². The molecule has 2 N–H and O–H groups in total. The first-order valence-electron chi connectivity index (χ1n) is 17.9. The lowest BCUT2D eigenvalue weighted by Crippen LogP contribution is -2.60. The van der Waals surface area contributed by atoms with Crippen LogP contribution in [-0.2, 0) is 28.7 Å². The predicted molar refractivity (Wildman–Crippen MR) is 193 cm³/mol. The number of esters is 1. The molecule has 11 nitrogen and oxygen atoms in total. The Labute approximate surface area is 300 Å². The highest BCUT2D eigenvalue weighted by molar-refractivity contribution is 6.05. The van der Waals surface area contributed by atoms with Crippen LogP contribution in [0.2, 0.25) is 0 Å². The molecule has 0 saturated carbocycles. The summed E-state index contributed by atoms with van der Waals surface area (Å²) in [5.74, 6) is -3.16. The van der Waals surface area contributed by atoms with Crippen LogP contribution >= 0.6 is 0 Å². The highest BCUT2D eigenvalue weighted by Gasteiger charge is 2.76. The van der Waals surface area contributed by atoms with E-state index in [4.69, 9.17) is 14.2 Å². The molecule has 3 aliphatic heterocycles. The highest BCUT2D eigenvalue weighted by atomic mass is 16.6. The van der Waals surface area contributed by atoms with Crippen LogP contribution in [0.3, 0.4) is 0 Å². The van der Waals surface area contributed by atoms with Crippen LogP contribution in [-0.4, -0.2) is 83.8 Å². The molecule has 0 radical (unpaired) electrons. The zero-order valence-electron chi connectivity index (χ0n) is 30.0. The summed E-state index contributed by atoms with van der Waals surface area (Å²) in [5, 5.41) is 13.7. The van der Waals surface area contributed by atoms with Crippen LogP contribution < -0.4 is 15.0 Å². The van der Waals surface area contributed by atoms with E-state index in [1.165, 1.54) is 4.90 Å². The Balaban J connectivity index is 1.52. The first-order chi connectivity index (χ1) is 24.6. The van der Waals surface area contributed by atoms with E-state index in [-0.39, 0.29) is 37.3 Å². The fraction of sp³-hybridized carbons (Fsp3) is 0.500. The third-order valence-corrected chi connectivity index (χ3v) is 10.8. The summed E-state index contributed by atoms with van der Waals surface area (Å²) in [6, 6.07) is 13.8. The molecule has 5 rings (SSSR count). The summed E-state index contributed by atoms with van der Waals surface area (Å²) in [4.78, 5) is 59.9. The molecular formula is C40H51N3O8. The van der Waals surface area contributed by atoms with Gasteiger partial charge in [0.25, 0.3) is 5.91 Å². The van der Waals surface area contributed by atoms with Crippen molar-refractivity contribution in [1.82, 2.24) is 10.2 Å². The van der Waals surface area contributed by atoms with E-state index in [1.807, 2.05) is 44.2 Å². The van der Waals surface area contributed by atoms with Gasteiger partial charge in [-0.25, -0.2) is 0 Å². The van der Waals surface area contributed by atoms with E-state index >= 15 is 0 Å². The zero-order chi connectivity index (χ0) is 36.9. The summed E-state index contributed by atoms with van der Waals surface area (Å²) in [6.45, 7) is 13.0. The van der Waals surface area contributed by atoms with E-state index in [0.717, 1.165) is 0 Å². The maximum Gasteiger partial charge on any atom is 0.313 e. The van der Waals surface area contributed by atoms with Gasteiger partial charge in [-0.1, -0.05) is 62.8 Å². The molecule has 2 aromatic rings. The number of methoxy groups -OCH3 is 1. The average Bonchev–Trinajstić information content (AvgIpc) is 3.79. The van der Waals surface area contributed by atoms with E-state index in [1.54, 1.807) is 55.4 Å². The van der Waals surface area contributed by atoms with Crippen molar-refractivity contribution in [2.45, 2.75) is 88.8 Å². The highest BCUT2D eigenvalue weighted by Crippen LogP contribution is 2.59. The number of allylic oxidation sites excluding steroid dienone is 1. The Morgan fingerprint density at radius 2 is 1.82 bits per heavy atom. The molecule has 3 aliphatic rings. The molecule has 0 aliphatic carbocycles. The lowest BCUT2D eigenvalue weighted by Gasteiger charge is -2.40. The van der Waals surface area contributed by atoms with Gasteiger partial charge in [0.2, 0.25) is 11.8 Å². The van der Waals surface area contributed by atoms with E-state index in [2.05, 4.69) is 18.5 Å². The number of amides is 3. The van der Waals surface area contributed by atoms with Gasteiger partial charge in [0.05, 0.1) is 43.7 Å². The molecule has 11 heteroatoms. The van der Waals surface area contributed by atoms with Gasteiger partial charge in [-0.3, -0.25) is 19.2 Å². The van der Waals surface area contributed by atoms with Crippen LogP contribution in [0.4, 0.5) is 5.69 Å². The molecule has 2 bridgehead atoms. The number of hydrogen-bond acceptors (Lipinski definition) is 8. The standard InChI is InChI=1S/C40H51N3O8/c1-7-10-16-32(45)41-26(5)35(27-14-12-11-13-15-27)50-39(48)33-31-21-22-40(51-31)34(33)37(46)43(30(24-44)25(4)9-3)36(40)38(47)42(23-8-2)28-17-19-29(49-6)20-18-28/h7-8,11-15,17-20,25-26,30-31,33-36,44H,1-2,9-10,16,21-24H2,3-6H3,(H,41,45)/t25-,26-,30-,31-,33+,34+,35-,36-,40+/m0/s1. The number of nitrogens with zero attached hydrogens (tertiary/aromatic N) is 2. The number of fused-ring (bicyclic) bond motifs is 1. The molecule has 3 saturated heterocycles. The number of aliphatic hydroxyl groups is 1. The summed E-state index contributed by atoms with van der Waals surface area (Å²) in [6.07, 6.45) is 4.00. The molecule has 1 spiro atoms. The molecule has 274 valence electrons. The summed E-state index contributed by atoms with van der Waals surface area (Å²) in [5.41, 5.74) is -0.0529. The normalized spacial score (nSPS) is 25.7. The second-order valence-corrected chi connectivity index (χ2v) is 13.8. The van der Waals surface area contributed by atoms with Gasteiger partial charge in [0, 0.05) is 18.7 Å². The number of aliphatic hydroxyl groups excluding tert-OH is 1. The number of nitrogens with one attached hydrogen (secondary N) is 1. The quantitative estimate of drug-likeness (QED) is 0.178. The van der Waals surface area contributed by atoms with Gasteiger partial charge in [-0.05, 0) is 61.9 Å². The van der Waals surface area contributed by atoms with Crippen molar-refractivity contribution in [2.24, 2.45) is 17.8 Å². The number of anilines is 1. The van der Waals surface area contributed by atoms with Gasteiger partial charge in [0.15, 0.2) is 0 Å². The van der Waals surface area contributed by atoms with Gasteiger partial charge in [-0.15, -0.1) is 13.2 Å².